The van der Waals surface area contributed by atoms with Crippen LogP contribution in [0, 0.1) is 5.92 Å². The lowest BCUT2D eigenvalue weighted by Gasteiger charge is -2.16. The van der Waals surface area contributed by atoms with Crippen molar-refractivity contribution >= 4 is 21.7 Å². The summed E-state index contributed by atoms with van der Waals surface area (Å²) in [6.45, 7) is 0.693. The Bertz CT molecular complexity index is 667. The molecule has 2 fully saturated rings. The van der Waals surface area contributed by atoms with Gasteiger partial charge in [-0.15, -0.1) is 0 Å². The van der Waals surface area contributed by atoms with Crippen LogP contribution in [0.4, 0.5) is 0 Å². The number of sulfone groups is 1. The van der Waals surface area contributed by atoms with Gasteiger partial charge in [-0.2, -0.15) is 0 Å². The third-order valence-corrected chi connectivity index (χ3v) is 5.86. The van der Waals surface area contributed by atoms with E-state index in [1.165, 1.54) is 0 Å². The van der Waals surface area contributed by atoms with Crippen molar-refractivity contribution in [2.75, 3.05) is 18.1 Å². The maximum Gasteiger partial charge on any atom is 0.225 e. The van der Waals surface area contributed by atoms with E-state index in [1.54, 1.807) is 23.3 Å². The molecule has 3 rings (SSSR count). The van der Waals surface area contributed by atoms with Crippen LogP contribution in [0.5, 0.6) is 0 Å². The second-order valence-corrected chi connectivity index (χ2v) is 8.09. The highest BCUT2D eigenvalue weighted by molar-refractivity contribution is 7.91. The van der Waals surface area contributed by atoms with Gasteiger partial charge in [0.2, 0.25) is 11.8 Å². The zero-order chi connectivity index (χ0) is 15.7. The Labute approximate surface area is 128 Å². The molecule has 120 valence electrons. The number of carbonyl (C=O) groups is 2. The van der Waals surface area contributed by atoms with Gasteiger partial charge in [-0.05, 0) is 18.6 Å². The fourth-order valence-electron chi connectivity index (χ4n) is 2.92. The van der Waals surface area contributed by atoms with Crippen LogP contribution < -0.4 is 5.32 Å². The molecular formula is C14H18N2O5S. The highest BCUT2D eigenvalue weighted by Gasteiger charge is 2.37. The first kappa shape index (κ1) is 15.1. The number of hydrogen-bond donors (Lipinski definition) is 1. The van der Waals surface area contributed by atoms with Crippen LogP contribution in [-0.4, -0.2) is 49.2 Å². The monoisotopic (exact) mass is 326 g/mol. The molecule has 8 heteroatoms. The highest BCUT2D eigenvalue weighted by atomic mass is 32.2. The Morgan fingerprint density at radius 2 is 2.27 bits per heavy atom. The van der Waals surface area contributed by atoms with Gasteiger partial charge in [-0.25, -0.2) is 8.42 Å². The maximum absolute atomic E-state index is 12.2. The molecule has 0 spiro atoms. The molecule has 1 aromatic rings. The summed E-state index contributed by atoms with van der Waals surface area (Å²) in [5.41, 5.74) is 0. The van der Waals surface area contributed by atoms with Gasteiger partial charge in [-0.3, -0.25) is 9.59 Å². The quantitative estimate of drug-likeness (QED) is 0.835. The number of likely N-dealkylation sites (tertiary alicyclic amines) is 1. The van der Waals surface area contributed by atoms with Crippen molar-refractivity contribution in [1.29, 1.82) is 0 Å². The minimum Gasteiger partial charge on any atom is -0.467 e. The average Bonchev–Trinajstić information content (AvgIpc) is 3.13. The van der Waals surface area contributed by atoms with Crippen molar-refractivity contribution < 1.29 is 22.4 Å². The molecule has 2 amide bonds. The fourth-order valence-corrected chi connectivity index (χ4v) is 4.59. The smallest absolute Gasteiger partial charge is 0.225 e. The SMILES string of the molecule is O=C(N[C@@H]1CCS(=O)(=O)C1)[C@@H]1CC(=O)N(Cc2ccco2)C1. The third-order valence-electron chi connectivity index (χ3n) is 4.09. The molecule has 0 saturated carbocycles. The summed E-state index contributed by atoms with van der Waals surface area (Å²) in [6, 6.07) is 3.21. The molecule has 1 aromatic heterocycles. The standard InChI is InChI=1S/C14H18N2O5S/c17-13-6-10(7-16(13)8-12-2-1-4-21-12)14(18)15-11-3-5-22(19,20)9-11/h1-2,4,10-11H,3,5-9H2,(H,15,18)/t10-,11-/m1/s1. The lowest BCUT2D eigenvalue weighted by molar-refractivity contribution is -0.129. The number of carbonyl (C=O) groups excluding carboxylic acids is 2. The predicted molar refractivity (Wildman–Crippen MR) is 77.4 cm³/mol. The van der Waals surface area contributed by atoms with Crippen molar-refractivity contribution in [1.82, 2.24) is 10.2 Å². The lowest BCUT2D eigenvalue weighted by Crippen LogP contribution is -2.40. The van der Waals surface area contributed by atoms with E-state index < -0.39 is 15.8 Å². The molecule has 0 aliphatic carbocycles. The minimum absolute atomic E-state index is 0.00445. The van der Waals surface area contributed by atoms with E-state index in [1.807, 2.05) is 0 Å². The first-order valence-corrected chi connectivity index (χ1v) is 9.06. The van der Waals surface area contributed by atoms with Gasteiger partial charge in [0.1, 0.15) is 5.76 Å². The second-order valence-electron chi connectivity index (χ2n) is 5.86. The van der Waals surface area contributed by atoms with Gasteiger partial charge in [0.15, 0.2) is 9.84 Å². The summed E-state index contributed by atoms with van der Waals surface area (Å²) in [7, 11) is -3.02. The molecule has 2 aliphatic rings. The first-order chi connectivity index (χ1) is 10.4. The average molecular weight is 326 g/mol. The summed E-state index contributed by atoms with van der Waals surface area (Å²) < 4.78 is 28.0. The normalized spacial score (nSPS) is 27.3. The number of rotatable bonds is 4. The number of furan rings is 1. The number of nitrogens with one attached hydrogen (secondary N) is 1. The van der Waals surface area contributed by atoms with Crippen LogP contribution >= 0.6 is 0 Å². The largest absolute Gasteiger partial charge is 0.467 e. The zero-order valence-electron chi connectivity index (χ0n) is 12.0. The molecule has 1 N–H and O–H groups in total. The predicted octanol–water partition coefficient (Wildman–Crippen LogP) is -0.0686. The molecule has 7 nitrogen and oxygen atoms in total. The molecule has 0 bridgehead atoms. The van der Waals surface area contributed by atoms with Gasteiger partial charge >= 0.3 is 0 Å². The van der Waals surface area contributed by atoms with Gasteiger partial charge in [0.25, 0.3) is 0 Å². The number of amides is 2. The van der Waals surface area contributed by atoms with Gasteiger partial charge < -0.3 is 14.6 Å². The Morgan fingerprint density at radius 3 is 2.91 bits per heavy atom. The Morgan fingerprint density at radius 1 is 1.45 bits per heavy atom. The van der Waals surface area contributed by atoms with Crippen molar-refractivity contribution in [2.24, 2.45) is 5.92 Å². The summed E-state index contributed by atoms with van der Waals surface area (Å²) in [6.07, 6.45) is 2.15. The van der Waals surface area contributed by atoms with Crippen molar-refractivity contribution in [3.05, 3.63) is 24.2 Å². The summed E-state index contributed by atoms with van der Waals surface area (Å²) >= 11 is 0. The third kappa shape index (κ3) is 3.32. The van der Waals surface area contributed by atoms with E-state index in [0.717, 1.165) is 0 Å². The summed E-state index contributed by atoms with van der Waals surface area (Å²) in [5.74, 6) is 0.0387. The Balaban J connectivity index is 1.55. The van der Waals surface area contributed by atoms with Gasteiger partial charge in [-0.1, -0.05) is 0 Å². The lowest BCUT2D eigenvalue weighted by atomic mass is 10.1. The zero-order valence-corrected chi connectivity index (χ0v) is 12.8. The molecule has 2 atom stereocenters. The molecular weight excluding hydrogens is 308 g/mol. The van der Waals surface area contributed by atoms with Gasteiger partial charge in [0, 0.05) is 19.0 Å². The molecule has 0 unspecified atom stereocenters. The summed E-state index contributed by atoms with van der Waals surface area (Å²) in [5, 5.41) is 2.76. The van der Waals surface area contributed by atoms with Crippen LogP contribution in [0.25, 0.3) is 0 Å². The number of hydrogen-bond acceptors (Lipinski definition) is 5. The minimum atomic E-state index is -3.02. The van der Waals surface area contributed by atoms with E-state index >= 15 is 0 Å². The molecule has 0 radical (unpaired) electrons. The van der Waals surface area contributed by atoms with E-state index in [9.17, 15) is 18.0 Å². The van der Waals surface area contributed by atoms with E-state index in [-0.39, 0.29) is 35.8 Å². The Kier molecular flexibility index (Phi) is 3.94. The molecule has 3 heterocycles. The van der Waals surface area contributed by atoms with Crippen molar-refractivity contribution in [2.45, 2.75) is 25.4 Å². The van der Waals surface area contributed by atoms with E-state index in [2.05, 4.69) is 5.32 Å². The molecule has 22 heavy (non-hydrogen) atoms. The maximum atomic E-state index is 12.2. The molecule has 2 aliphatic heterocycles. The topological polar surface area (TPSA) is 96.7 Å². The number of nitrogens with zero attached hydrogens (tertiary/aromatic N) is 1. The molecule has 0 aromatic carbocycles. The highest BCUT2D eigenvalue weighted by Crippen LogP contribution is 2.21. The van der Waals surface area contributed by atoms with Crippen molar-refractivity contribution in [3.63, 3.8) is 0 Å². The second kappa shape index (κ2) is 5.75. The van der Waals surface area contributed by atoms with Crippen LogP contribution in [0.3, 0.4) is 0 Å². The van der Waals surface area contributed by atoms with Crippen LogP contribution in [0.2, 0.25) is 0 Å². The van der Waals surface area contributed by atoms with Gasteiger partial charge in [0.05, 0.1) is 30.2 Å². The Hall–Kier alpha value is -1.83. The fraction of sp³-hybridized carbons (Fsp3) is 0.571. The summed E-state index contributed by atoms with van der Waals surface area (Å²) in [4.78, 5) is 25.8. The van der Waals surface area contributed by atoms with E-state index in [4.69, 9.17) is 4.42 Å². The van der Waals surface area contributed by atoms with E-state index in [0.29, 0.717) is 25.3 Å². The van der Waals surface area contributed by atoms with Crippen LogP contribution in [0.1, 0.15) is 18.6 Å². The van der Waals surface area contributed by atoms with Crippen LogP contribution in [-0.2, 0) is 26.0 Å². The van der Waals surface area contributed by atoms with Crippen molar-refractivity contribution in [3.8, 4) is 0 Å². The molecule has 2 saturated heterocycles. The first-order valence-electron chi connectivity index (χ1n) is 7.24. The van der Waals surface area contributed by atoms with Crippen LogP contribution in [0.15, 0.2) is 22.8 Å².